The Morgan fingerprint density at radius 1 is 1.00 bits per heavy atom. The molecule has 1 N–H and O–H groups in total. The Bertz CT molecular complexity index is 726. The molecule has 0 saturated heterocycles. The quantitative estimate of drug-likeness (QED) is 0.885. The van der Waals surface area contributed by atoms with Crippen LogP contribution in [0.2, 0.25) is 0 Å². The number of hydrogen-bond acceptors (Lipinski definition) is 3. The van der Waals surface area contributed by atoms with Crippen molar-refractivity contribution in [2.24, 2.45) is 0 Å². The van der Waals surface area contributed by atoms with Crippen LogP contribution in [0.4, 0.5) is 0 Å². The summed E-state index contributed by atoms with van der Waals surface area (Å²) in [7, 11) is 0. The Balaban J connectivity index is 2.07. The predicted molar refractivity (Wildman–Crippen MR) is 82.0 cm³/mol. The van der Waals surface area contributed by atoms with Gasteiger partial charge in [0.15, 0.2) is 5.60 Å². The fraction of sp³-hybridized carbons (Fsp3) is 0.222. The molecule has 22 heavy (non-hydrogen) atoms. The van der Waals surface area contributed by atoms with E-state index in [1.807, 2.05) is 30.3 Å². The number of rotatable bonds is 3. The number of amides is 2. The summed E-state index contributed by atoms with van der Waals surface area (Å²) in [6.45, 7) is 1.90. The van der Waals surface area contributed by atoms with Gasteiger partial charge >= 0.3 is 0 Å². The maximum absolute atomic E-state index is 12.7. The second kappa shape index (κ2) is 5.39. The van der Waals surface area contributed by atoms with E-state index >= 15 is 0 Å². The first kappa shape index (κ1) is 14.5. The maximum Gasteiger partial charge on any atom is 0.266 e. The highest BCUT2D eigenvalue weighted by atomic mass is 16.3. The SMILES string of the molecule is CCC1(O)C(=O)N(Cc2ccccc2)C(=O)c2ccccc21. The third kappa shape index (κ3) is 2.12. The first-order chi connectivity index (χ1) is 10.6. The molecule has 1 aliphatic heterocycles. The van der Waals surface area contributed by atoms with Crippen molar-refractivity contribution in [3.8, 4) is 0 Å². The molecule has 0 spiro atoms. The van der Waals surface area contributed by atoms with Gasteiger partial charge in [-0.3, -0.25) is 14.5 Å². The van der Waals surface area contributed by atoms with Gasteiger partial charge in [-0.25, -0.2) is 0 Å². The molecule has 4 nitrogen and oxygen atoms in total. The van der Waals surface area contributed by atoms with E-state index < -0.39 is 11.5 Å². The van der Waals surface area contributed by atoms with Gasteiger partial charge in [0.05, 0.1) is 6.54 Å². The third-order valence-corrected chi connectivity index (χ3v) is 4.14. The summed E-state index contributed by atoms with van der Waals surface area (Å²) in [5.41, 5.74) is 0.000425. The number of carbonyl (C=O) groups excluding carboxylic acids is 2. The van der Waals surface area contributed by atoms with E-state index in [4.69, 9.17) is 0 Å². The van der Waals surface area contributed by atoms with Gasteiger partial charge in [-0.15, -0.1) is 0 Å². The standard InChI is InChI=1S/C18H17NO3/c1-2-18(22)15-11-7-6-10-14(15)16(20)19(17(18)21)12-13-8-4-3-5-9-13/h3-11,22H,2,12H2,1H3. The van der Waals surface area contributed by atoms with Gasteiger partial charge in [0.1, 0.15) is 0 Å². The molecule has 0 radical (unpaired) electrons. The average Bonchev–Trinajstić information content (AvgIpc) is 2.57. The Hall–Kier alpha value is -2.46. The van der Waals surface area contributed by atoms with Crippen LogP contribution in [0.5, 0.6) is 0 Å². The van der Waals surface area contributed by atoms with Gasteiger partial charge in [-0.05, 0) is 18.1 Å². The number of imide groups is 1. The lowest BCUT2D eigenvalue weighted by atomic mass is 9.82. The average molecular weight is 295 g/mol. The van der Waals surface area contributed by atoms with Crippen LogP contribution in [0.1, 0.15) is 34.8 Å². The molecule has 0 fully saturated rings. The molecule has 1 heterocycles. The molecular weight excluding hydrogens is 278 g/mol. The van der Waals surface area contributed by atoms with Gasteiger partial charge < -0.3 is 5.11 Å². The smallest absolute Gasteiger partial charge is 0.266 e. The predicted octanol–water partition coefficient (Wildman–Crippen LogP) is 2.47. The Kier molecular flexibility index (Phi) is 3.54. The lowest BCUT2D eigenvalue weighted by Crippen LogP contribution is -2.53. The number of benzene rings is 2. The van der Waals surface area contributed by atoms with E-state index in [0.29, 0.717) is 11.1 Å². The fourth-order valence-electron chi connectivity index (χ4n) is 2.86. The molecule has 0 bridgehead atoms. The summed E-state index contributed by atoms with van der Waals surface area (Å²) in [6, 6.07) is 16.1. The van der Waals surface area contributed by atoms with Gasteiger partial charge in [0.25, 0.3) is 11.8 Å². The molecule has 3 rings (SSSR count). The molecular formula is C18H17NO3. The van der Waals surface area contributed by atoms with Crippen LogP contribution in [0.15, 0.2) is 54.6 Å². The molecule has 1 atom stereocenters. The van der Waals surface area contributed by atoms with E-state index in [2.05, 4.69) is 0 Å². The van der Waals surface area contributed by atoms with Crippen LogP contribution < -0.4 is 0 Å². The first-order valence-electron chi connectivity index (χ1n) is 7.30. The lowest BCUT2D eigenvalue weighted by molar-refractivity contribution is -0.151. The zero-order valence-electron chi connectivity index (χ0n) is 12.3. The number of nitrogens with zero attached hydrogens (tertiary/aromatic N) is 1. The molecule has 2 aromatic rings. The minimum atomic E-state index is -1.64. The molecule has 0 saturated carbocycles. The molecule has 2 amide bonds. The van der Waals surface area contributed by atoms with E-state index in [0.717, 1.165) is 10.5 Å². The third-order valence-electron chi connectivity index (χ3n) is 4.14. The van der Waals surface area contributed by atoms with Crippen LogP contribution in [-0.2, 0) is 16.9 Å². The zero-order valence-corrected chi connectivity index (χ0v) is 12.3. The highest BCUT2D eigenvalue weighted by Gasteiger charge is 2.48. The summed E-state index contributed by atoms with van der Waals surface area (Å²) in [5, 5.41) is 10.8. The summed E-state index contributed by atoms with van der Waals surface area (Å²) in [5.74, 6) is -0.912. The van der Waals surface area contributed by atoms with Crippen molar-refractivity contribution < 1.29 is 14.7 Å². The van der Waals surface area contributed by atoms with Crippen LogP contribution in [-0.4, -0.2) is 21.8 Å². The van der Waals surface area contributed by atoms with E-state index in [1.165, 1.54) is 0 Å². The topological polar surface area (TPSA) is 57.6 Å². The molecule has 2 aromatic carbocycles. The van der Waals surface area contributed by atoms with E-state index in [-0.39, 0.29) is 18.9 Å². The number of carbonyl (C=O) groups is 2. The number of fused-ring (bicyclic) bond motifs is 1. The Morgan fingerprint density at radius 3 is 2.32 bits per heavy atom. The van der Waals surface area contributed by atoms with Gasteiger partial charge in [-0.1, -0.05) is 55.5 Å². The number of aliphatic hydroxyl groups is 1. The van der Waals surface area contributed by atoms with Crippen molar-refractivity contribution >= 4 is 11.8 Å². The number of hydrogen-bond donors (Lipinski definition) is 1. The Labute approximate surface area is 129 Å². The minimum absolute atomic E-state index is 0.162. The molecule has 1 unspecified atom stereocenters. The Morgan fingerprint density at radius 2 is 1.64 bits per heavy atom. The summed E-state index contributed by atoms with van der Waals surface area (Å²) >= 11 is 0. The van der Waals surface area contributed by atoms with Crippen molar-refractivity contribution in [3.63, 3.8) is 0 Å². The highest BCUT2D eigenvalue weighted by molar-refractivity contribution is 6.12. The molecule has 0 aromatic heterocycles. The highest BCUT2D eigenvalue weighted by Crippen LogP contribution is 2.35. The monoisotopic (exact) mass is 295 g/mol. The van der Waals surface area contributed by atoms with Gasteiger partial charge in [-0.2, -0.15) is 0 Å². The molecule has 112 valence electrons. The van der Waals surface area contributed by atoms with Crippen LogP contribution in [0.3, 0.4) is 0 Å². The van der Waals surface area contributed by atoms with Crippen molar-refractivity contribution in [2.45, 2.75) is 25.5 Å². The van der Waals surface area contributed by atoms with Crippen LogP contribution in [0, 0.1) is 0 Å². The van der Waals surface area contributed by atoms with Crippen molar-refractivity contribution in [1.29, 1.82) is 0 Å². The molecule has 0 aliphatic carbocycles. The van der Waals surface area contributed by atoms with Crippen LogP contribution >= 0.6 is 0 Å². The van der Waals surface area contributed by atoms with Crippen LogP contribution in [0.25, 0.3) is 0 Å². The maximum atomic E-state index is 12.7. The summed E-state index contributed by atoms with van der Waals surface area (Å²) < 4.78 is 0. The van der Waals surface area contributed by atoms with Crippen molar-refractivity contribution in [1.82, 2.24) is 4.90 Å². The first-order valence-corrected chi connectivity index (χ1v) is 7.30. The zero-order chi connectivity index (χ0) is 15.7. The van der Waals surface area contributed by atoms with Gasteiger partial charge in [0.2, 0.25) is 0 Å². The second-order valence-electron chi connectivity index (χ2n) is 5.44. The second-order valence-corrected chi connectivity index (χ2v) is 5.44. The molecule has 1 aliphatic rings. The van der Waals surface area contributed by atoms with Crippen molar-refractivity contribution in [3.05, 3.63) is 71.3 Å². The fourth-order valence-corrected chi connectivity index (χ4v) is 2.86. The summed E-state index contributed by atoms with van der Waals surface area (Å²) in [6.07, 6.45) is 0.224. The largest absolute Gasteiger partial charge is 0.375 e. The van der Waals surface area contributed by atoms with E-state index in [9.17, 15) is 14.7 Å². The summed E-state index contributed by atoms with van der Waals surface area (Å²) in [4.78, 5) is 26.5. The molecule has 4 heteroatoms. The van der Waals surface area contributed by atoms with Gasteiger partial charge in [0, 0.05) is 11.1 Å². The minimum Gasteiger partial charge on any atom is -0.375 e. The van der Waals surface area contributed by atoms with Crippen molar-refractivity contribution in [2.75, 3.05) is 0 Å². The van der Waals surface area contributed by atoms with E-state index in [1.54, 1.807) is 31.2 Å². The normalized spacial score (nSPS) is 20.9. The lowest BCUT2D eigenvalue weighted by Gasteiger charge is -2.37.